The number of aliphatic hydroxyl groups excluding tert-OH is 1. The summed E-state index contributed by atoms with van der Waals surface area (Å²) in [6.45, 7) is 4.53. The largest absolute Gasteiger partial charge is 0.393 e. The van der Waals surface area contributed by atoms with E-state index in [0.29, 0.717) is 29.9 Å². The zero-order chi connectivity index (χ0) is 19.6. The van der Waals surface area contributed by atoms with E-state index in [9.17, 15) is 14.7 Å². The fourth-order valence-electron chi connectivity index (χ4n) is 4.35. The Bertz CT molecular complexity index is 700. The first-order valence-corrected chi connectivity index (χ1v) is 9.87. The van der Waals surface area contributed by atoms with Gasteiger partial charge >= 0.3 is 11.8 Å². The number of rotatable bonds is 2. The number of aryl methyl sites for hydroxylation is 1. The predicted octanol–water partition coefficient (Wildman–Crippen LogP) is 2.09. The lowest BCUT2D eigenvalue weighted by Gasteiger charge is -2.44. The third-order valence-corrected chi connectivity index (χ3v) is 5.98. The molecule has 3 rings (SSSR count). The van der Waals surface area contributed by atoms with Gasteiger partial charge in [0.25, 0.3) is 0 Å². The van der Waals surface area contributed by atoms with Crippen molar-refractivity contribution < 1.29 is 14.7 Å². The highest BCUT2D eigenvalue weighted by Gasteiger charge is 2.38. The van der Waals surface area contributed by atoms with Crippen LogP contribution in [0.1, 0.15) is 51.0 Å². The molecule has 2 atom stereocenters. The molecule has 0 aromatic carbocycles. The molecule has 1 saturated carbocycles. The van der Waals surface area contributed by atoms with Crippen LogP contribution in [-0.4, -0.2) is 45.5 Å². The van der Waals surface area contributed by atoms with Crippen molar-refractivity contribution in [2.24, 2.45) is 11.8 Å². The van der Waals surface area contributed by atoms with Crippen LogP contribution in [0.2, 0.25) is 0 Å². The number of piperidine rings is 1. The van der Waals surface area contributed by atoms with Gasteiger partial charge in [0.15, 0.2) is 0 Å². The lowest BCUT2D eigenvalue weighted by molar-refractivity contribution is -0.148. The molecule has 1 aliphatic heterocycles. The number of likely N-dealkylation sites (tertiary alicyclic amines) is 1. The van der Waals surface area contributed by atoms with Crippen molar-refractivity contribution in [3.8, 4) is 0 Å². The van der Waals surface area contributed by atoms with Gasteiger partial charge in [-0.1, -0.05) is 6.92 Å². The minimum atomic E-state index is -0.629. The molecule has 2 heterocycles. The monoisotopic (exact) mass is 374 g/mol. The second kappa shape index (κ2) is 8.25. The molecular weight excluding hydrogens is 344 g/mol. The van der Waals surface area contributed by atoms with Crippen molar-refractivity contribution >= 4 is 23.3 Å². The van der Waals surface area contributed by atoms with E-state index in [1.54, 1.807) is 17.9 Å². The zero-order valence-corrected chi connectivity index (χ0v) is 16.1. The molecule has 2 amide bonds. The molecule has 2 aliphatic rings. The molecule has 1 unspecified atom stereocenters. The van der Waals surface area contributed by atoms with Gasteiger partial charge in [-0.05, 0) is 68.9 Å². The summed E-state index contributed by atoms with van der Waals surface area (Å²) in [4.78, 5) is 31.3. The van der Waals surface area contributed by atoms with Crippen LogP contribution in [0.4, 0.5) is 11.5 Å². The highest BCUT2D eigenvalue weighted by molar-refractivity contribution is 6.39. The summed E-state index contributed by atoms with van der Waals surface area (Å²) in [5.41, 5.74) is 6.93. The van der Waals surface area contributed by atoms with Crippen LogP contribution in [0, 0.1) is 18.8 Å². The number of nitrogens with two attached hydrogens (primary N) is 1. The SMILES string of the molecule is Cc1cc(NC(=O)C(=O)N2C[C@H](C)CCC2C2CCC(O)CC2)cnc1N. The number of amides is 2. The molecule has 1 aromatic heterocycles. The van der Waals surface area contributed by atoms with Crippen molar-refractivity contribution in [2.45, 2.75) is 64.5 Å². The van der Waals surface area contributed by atoms with Crippen LogP contribution in [0.15, 0.2) is 12.3 Å². The first-order valence-electron chi connectivity index (χ1n) is 9.87. The van der Waals surface area contributed by atoms with Crippen LogP contribution in [0.25, 0.3) is 0 Å². The molecule has 2 fully saturated rings. The molecule has 1 aromatic rings. The topological polar surface area (TPSA) is 109 Å². The number of nitrogens with zero attached hydrogens (tertiary/aromatic N) is 2. The van der Waals surface area contributed by atoms with E-state index in [1.807, 2.05) is 0 Å². The molecule has 7 heteroatoms. The molecule has 7 nitrogen and oxygen atoms in total. The quantitative estimate of drug-likeness (QED) is 0.687. The van der Waals surface area contributed by atoms with Crippen LogP contribution in [0.3, 0.4) is 0 Å². The number of nitrogens with one attached hydrogen (secondary N) is 1. The maximum Gasteiger partial charge on any atom is 0.313 e. The molecule has 1 saturated heterocycles. The highest BCUT2D eigenvalue weighted by Crippen LogP contribution is 2.35. The lowest BCUT2D eigenvalue weighted by Crippen LogP contribution is -2.53. The Kier molecular flexibility index (Phi) is 5.99. The molecule has 0 radical (unpaired) electrons. The number of pyridine rings is 1. The minimum absolute atomic E-state index is 0.0817. The maximum absolute atomic E-state index is 12.9. The zero-order valence-electron chi connectivity index (χ0n) is 16.1. The van der Waals surface area contributed by atoms with Crippen molar-refractivity contribution in [1.82, 2.24) is 9.88 Å². The van der Waals surface area contributed by atoms with Crippen LogP contribution in [-0.2, 0) is 9.59 Å². The Morgan fingerprint density at radius 1 is 1.22 bits per heavy atom. The van der Waals surface area contributed by atoms with E-state index in [4.69, 9.17) is 5.73 Å². The van der Waals surface area contributed by atoms with Crippen molar-refractivity contribution in [3.63, 3.8) is 0 Å². The van der Waals surface area contributed by atoms with Crippen molar-refractivity contribution in [2.75, 3.05) is 17.6 Å². The second-order valence-electron chi connectivity index (χ2n) is 8.16. The first-order chi connectivity index (χ1) is 12.8. The number of aromatic nitrogens is 1. The summed E-state index contributed by atoms with van der Waals surface area (Å²) in [6, 6.07) is 1.80. The summed E-state index contributed by atoms with van der Waals surface area (Å²) in [5.74, 6) is 0.0393. The van der Waals surface area contributed by atoms with E-state index in [0.717, 1.165) is 44.1 Å². The lowest BCUT2D eigenvalue weighted by atomic mass is 9.77. The number of anilines is 2. The van der Waals surface area contributed by atoms with Crippen LogP contribution < -0.4 is 11.1 Å². The van der Waals surface area contributed by atoms with Crippen LogP contribution >= 0.6 is 0 Å². The van der Waals surface area contributed by atoms with Gasteiger partial charge in [0.1, 0.15) is 5.82 Å². The number of hydrogen-bond acceptors (Lipinski definition) is 5. The summed E-state index contributed by atoms with van der Waals surface area (Å²) >= 11 is 0. The minimum Gasteiger partial charge on any atom is -0.393 e. The predicted molar refractivity (Wildman–Crippen MR) is 104 cm³/mol. The third-order valence-electron chi connectivity index (χ3n) is 5.98. The summed E-state index contributed by atoms with van der Waals surface area (Å²) in [6.07, 6.45) is 6.60. The molecule has 0 spiro atoms. The molecule has 27 heavy (non-hydrogen) atoms. The van der Waals surface area contributed by atoms with E-state index in [2.05, 4.69) is 17.2 Å². The number of carbonyl (C=O) groups excluding carboxylic acids is 2. The fraction of sp³-hybridized carbons (Fsp3) is 0.650. The Labute approximate surface area is 160 Å². The average Bonchev–Trinajstić information content (AvgIpc) is 2.65. The summed E-state index contributed by atoms with van der Waals surface area (Å²) in [7, 11) is 0. The number of aliphatic hydroxyl groups is 1. The number of hydrogen-bond donors (Lipinski definition) is 3. The molecular formula is C20H30N4O3. The molecule has 4 N–H and O–H groups in total. The molecule has 1 aliphatic carbocycles. The summed E-state index contributed by atoms with van der Waals surface area (Å²) in [5, 5.41) is 12.4. The van der Waals surface area contributed by atoms with E-state index in [-0.39, 0.29) is 12.1 Å². The Hall–Kier alpha value is -2.15. The van der Waals surface area contributed by atoms with Gasteiger partial charge in [-0.15, -0.1) is 0 Å². The van der Waals surface area contributed by atoms with Gasteiger partial charge in [0.2, 0.25) is 0 Å². The van der Waals surface area contributed by atoms with Gasteiger partial charge < -0.3 is 21.1 Å². The average molecular weight is 374 g/mol. The first kappa shape index (κ1) is 19.6. The normalized spacial score (nSPS) is 28.6. The standard InChI is InChI=1S/C20H30N4O3/c1-12-3-8-17(14-4-6-16(25)7-5-14)24(11-12)20(27)19(26)23-15-9-13(2)18(21)22-10-15/h9-10,12,14,16-17,25H,3-8,11H2,1-2H3,(H2,21,22)(H,23,26)/t12-,14?,16?,17?/m1/s1. The second-order valence-corrected chi connectivity index (χ2v) is 8.16. The van der Waals surface area contributed by atoms with Gasteiger partial charge in [-0.3, -0.25) is 9.59 Å². The van der Waals surface area contributed by atoms with Crippen molar-refractivity contribution in [1.29, 1.82) is 0 Å². The van der Waals surface area contributed by atoms with Gasteiger partial charge in [0, 0.05) is 12.6 Å². The maximum atomic E-state index is 12.9. The van der Waals surface area contributed by atoms with E-state index >= 15 is 0 Å². The Balaban J connectivity index is 1.70. The molecule has 148 valence electrons. The fourth-order valence-corrected chi connectivity index (χ4v) is 4.35. The third kappa shape index (κ3) is 4.58. The van der Waals surface area contributed by atoms with Gasteiger partial charge in [-0.25, -0.2) is 4.98 Å². The van der Waals surface area contributed by atoms with E-state index < -0.39 is 11.8 Å². The number of nitrogen functional groups attached to an aromatic ring is 1. The van der Waals surface area contributed by atoms with Gasteiger partial charge in [0.05, 0.1) is 18.0 Å². The number of carbonyl (C=O) groups is 2. The smallest absolute Gasteiger partial charge is 0.313 e. The van der Waals surface area contributed by atoms with Crippen molar-refractivity contribution in [3.05, 3.63) is 17.8 Å². The van der Waals surface area contributed by atoms with Gasteiger partial charge in [-0.2, -0.15) is 0 Å². The Morgan fingerprint density at radius 3 is 2.59 bits per heavy atom. The summed E-state index contributed by atoms with van der Waals surface area (Å²) < 4.78 is 0. The van der Waals surface area contributed by atoms with Crippen LogP contribution in [0.5, 0.6) is 0 Å². The van der Waals surface area contributed by atoms with E-state index in [1.165, 1.54) is 6.20 Å². The molecule has 0 bridgehead atoms. The highest BCUT2D eigenvalue weighted by atomic mass is 16.3. The Morgan fingerprint density at radius 2 is 1.93 bits per heavy atom.